The largest absolute Gasteiger partial charge is 0.368 e. The van der Waals surface area contributed by atoms with Crippen LogP contribution in [0.3, 0.4) is 0 Å². The molecule has 0 heterocycles. The van der Waals surface area contributed by atoms with Gasteiger partial charge in [0, 0.05) is 6.42 Å². The summed E-state index contributed by atoms with van der Waals surface area (Å²) in [6, 6.07) is 0. The lowest BCUT2D eigenvalue weighted by Crippen LogP contribution is -2.36. The van der Waals surface area contributed by atoms with E-state index in [0.717, 1.165) is 0 Å². The number of rotatable bonds is 5. The maximum atomic E-state index is 10.8. The van der Waals surface area contributed by atoms with E-state index in [1.54, 1.807) is 0 Å². The molecule has 0 aliphatic rings. The van der Waals surface area contributed by atoms with E-state index >= 15 is 0 Å². The second-order valence-corrected chi connectivity index (χ2v) is 2.45. The van der Waals surface area contributed by atoms with Crippen LogP contribution in [0.25, 0.3) is 0 Å². The van der Waals surface area contributed by atoms with Crippen molar-refractivity contribution in [1.29, 1.82) is 0 Å². The van der Waals surface area contributed by atoms with Crippen LogP contribution in [-0.4, -0.2) is 24.5 Å². The standard InChI is InChI=1S/C6H14N4O2/c7-4(8)1-2-6(12)10-3-5(9)11/h4H,1-3,7-8H2,(H2,9,11)(H,10,12). The van der Waals surface area contributed by atoms with Gasteiger partial charge < -0.3 is 22.5 Å². The molecule has 7 N–H and O–H groups in total. The molecule has 0 fully saturated rings. The van der Waals surface area contributed by atoms with E-state index in [4.69, 9.17) is 17.2 Å². The van der Waals surface area contributed by atoms with Crippen molar-refractivity contribution >= 4 is 11.8 Å². The summed E-state index contributed by atoms with van der Waals surface area (Å²) in [7, 11) is 0. The van der Waals surface area contributed by atoms with Gasteiger partial charge in [-0.05, 0) is 6.42 Å². The number of amides is 2. The number of hydrogen-bond donors (Lipinski definition) is 4. The zero-order chi connectivity index (χ0) is 9.56. The Kier molecular flexibility index (Phi) is 4.98. The minimum absolute atomic E-state index is 0.140. The van der Waals surface area contributed by atoms with Crippen molar-refractivity contribution in [2.45, 2.75) is 19.0 Å². The summed E-state index contributed by atoms with van der Waals surface area (Å²) < 4.78 is 0. The average Bonchev–Trinajstić information content (AvgIpc) is 1.96. The number of nitrogens with two attached hydrogens (primary N) is 3. The van der Waals surface area contributed by atoms with Crippen molar-refractivity contribution in [3.63, 3.8) is 0 Å². The van der Waals surface area contributed by atoms with Crippen molar-refractivity contribution in [1.82, 2.24) is 5.32 Å². The summed E-state index contributed by atoms with van der Waals surface area (Å²) in [5.41, 5.74) is 15.2. The Morgan fingerprint density at radius 3 is 2.33 bits per heavy atom. The lowest BCUT2D eigenvalue weighted by molar-refractivity contribution is -0.124. The Bertz CT molecular complexity index is 169. The van der Waals surface area contributed by atoms with Gasteiger partial charge in [0.2, 0.25) is 11.8 Å². The van der Waals surface area contributed by atoms with Gasteiger partial charge in [0.05, 0.1) is 12.7 Å². The molecular weight excluding hydrogens is 160 g/mol. The molecule has 0 atom stereocenters. The zero-order valence-corrected chi connectivity index (χ0v) is 6.75. The zero-order valence-electron chi connectivity index (χ0n) is 6.75. The highest BCUT2D eigenvalue weighted by molar-refractivity contribution is 5.83. The summed E-state index contributed by atoms with van der Waals surface area (Å²) in [5.74, 6) is -0.838. The summed E-state index contributed by atoms with van der Waals surface area (Å²) in [4.78, 5) is 21.0. The van der Waals surface area contributed by atoms with Crippen LogP contribution in [0, 0.1) is 0 Å². The van der Waals surface area contributed by atoms with Gasteiger partial charge in [0.25, 0.3) is 0 Å². The summed E-state index contributed by atoms with van der Waals surface area (Å²) in [6.45, 7) is -0.140. The van der Waals surface area contributed by atoms with Crippen LogP contribution in [0.1, 0.15) is 12.8 Å². The number of nitrogens with one attached hydrogen (secondary N) is 1. The second-order valence-electron chi connectivity index (χ2n) is 2.45. The number of carbonyl (C=O) groups excluding carboxylic acids is 2. The Morgan fingerprint density at radius 2 is 1.92 bits per heavy atom. The van der Waals surface area contributed by atoms with E-state index in [-0.39, 0.29) is 18.9 Å². The maximum Gasteiger partial charge on any atom is 0.236 e. The molecule has 0 radical (unpaired) electrons. The summed E-state index contributed by atoms with van der Waals surface area (Å²) >= 11 is 0. The molecule has 6 nitrogen and oxygen atoms in total. The van der Waals surface area contributed by atoms with Crippen LogP contribution in [0.2, 0.25) is 0 Å². The van der Waals surface area contributed by atoms with Crippen molar-refractivity contribution in [2.24, 2.45) is 17.2 Å². The fourth-order valence-electron chi connectivity index (χ4n) is 0.572. The SMILES string of the molecule is NC(=O)CNC(=O)CCC(N)N. The third-order valence-corrected chi connectivity index (χ3v) is 1.16. The van der Waals surface area contributed by atoms with Crippen LogP contribution in [0.4, 0.5) is 0 Å². The van der Waals surface area contributed by atoms with Crippen LogP contribution in [0.15, 0.2) is 0 Å². The molecule has 0 bridgehead atoms. The third kappa shape index (κ3) is 6.97. The molecular formula is C6H14N4O2. The molecule has 0 aromatic heterocycles. The molecule has 0 aliphatic heterocycles. The molecule has 70 valence electrons. The molecule has 6 heteroatoms. The van der Waals surface area contributed by atoms with Gasteiger partial charge in [-0.3, -0.25) is 9.59 Å². The van der Waals surface area contributed by atoms with Gasteiger partial charge in [-0.25, -0.2) is 0 Å². The van der Waals surface area contributed by atoms with E-state index in [1.807, 2.05) is 0 Å². The molecule has 0 spiro atoms. The van der Waals surface area contributed by atoms with Gasteiger partial charge in [0.15, 0.2) is 0 Å². The Balaban J connectivity index is 3.40. The summed E-state index contributed by atoms with van der Waals surface area (Å²) in [6.07, 6.45) is 0.111. The monoisotopic (exact) mass is 174 g/mol. The third-order valence-electron chi connectivity index (χ3n) is 1.16. The normalized spacial score (nSPS) is 9.92. The maximum absolute atomic E-state index is 10.8. The van der Waals surface area contributed by atoms with Crippen molar-refractivity contribution in [3.05, 3.63) is 0 Å². The molecule has 2 amide bonds. The van der Waals surface area contributed by atoms with Crippen LogP contribution >= 0.6 is 0 Å². The number of hydrogen-bond acceptors (Lipinski definition) is 4. The van der Waals surface area contributed by atoms with Gasteiger partial charge in [-0.1, -0.05) is 0 Å². The molecule has 0 aromatic rings. The molecule has 0 aromatic carbocycles. The molecule has 0 saturated heterocycles. The average molecular weight is 174 g/mol. The number of carbonyl (C=O) groups is 2. The van der Waals surface area contributed by atoms with Crippen molar-refractivity contribution in [3.8, 4) is 0 Å². The predicted octanol–water partition coefficient (Wildman–Crippen LogP) is -2.39. The van der Waals surface area contributed by atoms with Gasteiger partial charge in [0.1, 0.15) is 0 Å². The fourth-order valence-corrected chi connectivity index (χ4v) is 0.572. The molecule has 0 aliphatic carbocycles. The predicted molar refractivity (Wildman–Crippen MR) is 43.6 cm³/mol. The molecule has 0 saturated carbocycles. The van der Waals surface area contributed by atoms with E-state index in [2.05, 4.69) is 5.32 Å². The van der Waals surface area contributed by atoms with E-state index in [0.29, 0.717) is 6.42 Å². The first kappa shape index (κ1) is 10.9. The summed E-state index contributed by atoms with van der Waals surface area (Å²) in [5, 5.41) is 2.31. The van der Waals surface area contributed by atoms with Crippen molar-refractivity contribution in [2.75, 3.05) is 6.54 Å². The van der Waals surface area contributed by atoms with Crippen molar-refractivity contribution < 1.29 is 9.59 Å². The first-order valence-electron chi connectivity index (χ1n) is 3.58. The first-order valence-corrected chi connectivity index (χ1v) is 3.58. The van der Waals surface area contributed by atoms with Crippen LogP contribution in [0.5, 0.6) is 0 Å². The highest BCUT2D eigenvalue weighted by atomic mass is 16.2. The van der Waals surface area contributed by atoms with Crippen LogP contribution in [-0.2, 0) is 9.59 Å². The Morgan fingerprint density at radius 1 is 1.33 bits per heavy atom. The molecule has 0 unspecified atom stereocenters. The molecule has 12 heavy (non-hydrogen) atoms. The highest BCUT2D eigenvalue weighted by Gasteiger charge is 2.03. The fraction of sp³-hybridized carbons (Fsp3) is 0.667. The number of primary amides is 1. The van der Waals surface area contributed by atoms with Crippen LogP contribution < -0.4 is 22.5 Å². The van der Waals surface area contributed by atoms with E-state index in [1.165, 1.54) is 0 Å². The lowest BCUT2D eigenvalue weighted by atomic mass is 10.2. The molecule has 0 rings (SSSR count). The van der Waals surface area contributed by atoms with Gasteiger partial charge in [-0.2, -0.15) is 0 Å². The smallest absolute Gasteiger partial charge is 0.236 e. The lowest BCUT2D eigenvalue weighted by Gasteiger charge is -2.04. The highest BCUT2D eigenvalue weighted by Crippen LogP contribution is 1.88. The first-order chi connectivity index (χ1) is 5.52. The van der Waals surface area contributed by atoms with E-state index in [9.17, 15) is 9.59 Å². The quantitative estimate of drug-likeness (QED) is 0.347. The van der Waals surface area contributed by atoms with Gasteiger partial charge >= 0.3 is 0 Å². The minimum Gasteiger partial charge on any atom is -0.368 e. The second kappa shape index (κ2) is 5.50. The topological polar surface area (TPSA) is 124 Å². The van der Waals surface area contributed by atoms with E-state index < -0.39 is 12.1 Å². The minimum atomic E-state index is -0.569. The Labute approximate surface area is 70.5 Å². The van der Waals surface area contributed by atoms with Gasteiger partial charge in [-0.15, -0.1) is 0 Å². The Hall–Kier alpha value is -1.14.